The first-order valence-corrected chi connectivity index (χ1v) is 8.82. The van der Waals surface area contributed by atoms with Crippen LogP contribution in [0.3, 0.4) is 0 Å². The molecule has 1 aliphatic heterocycles. The van der Waals surface area contributed by atoms with Crippen molar-refractivity contribution in [3.05, 3.63) is 40.8 Å². The number of likely N-dealkylation sites (tertiary alicyclic amines) is 1. The molecule has 0 bridgehead atoms. The van der Waals surface area contributed by atoms with Crippen molar-refractivity contribution in [1.82, 2.24) is 25.1 Å². The summed E-state index contributed by atoms with van der Waals surface area (Å²) in [6.07, 6.45) is 0.822. The number of benzene rings is 1. The zero-order chi connectivity index (χ0) is 18.1. The van der Waals surface area contributed by atoms with Crippen LogP contribution >= 0.6 is 11.6 Å². The first-order valence-electron chi connectivity index (χ1n) is 8.29. The number of pyridine rings is 1. The number of amides is 1. The average Bonchev–Trinajstić information content (AvgIpc) is 3.30. The number of carbonyl (C=O) groups is 1. The molecule has 1 saturated heterocycles. The second kappa shape index (κ2) is 6.80. The van der Waals surface area contributed by atoms with Gasteiger partial charge < -0.3 is 10.2 Å². The summed E-state index contributed by atoms with van der Waals surface area (Å²) in [5.74, 6) is 1.02. The number of carbonyl (C=O) groups excluding carboxylic acids is 1. The van der Waals surface area contributed by atoms with Crippen molar-refractivity contribution >= 4 is 34.1 Å². The minimum absolute atomic E-state index is 0.00406. The largest absolute Gasteiger partial charge is 0.365 e. The molecule has 1 unspecified atom stereocenters. The molecule has 1 aliphatic rings. The van der Waals surface area contributed by atoms with Crippen LogP contribution in [-0.2, 0) is 4.79 Å². The Labute approximate surface area is 153 Å². The van der Waals surface area contributed by atoms with Gasteiger partial charge in [-0.1, -0.05) is 24.3 Å². The van der Waals surface area contributed by atoms with Gasteiger partial charge in [0.05, 0.1) is 0 Å². The number of aromatic amines is 2. The number of nitrogens with one attached hydrogen (secondary N) is 3. The minimum Gasteiger partial charge on any atom is -0.365 e. The SMILES string of the molecule is O=C(CCl)N1CCC(Nc2nc(-c3n[nH]c(=O)[nH]3)cc3ccccc23)C1. The van der Waals surface area contributed by atoms with Gasteiger partial charge in [-0.3, -0.25) is 9.78 Å². The molecular formula is C17H17ClN6O2. The maximum Gasteiger partial charge on any atom is 0.340 e. The van der Waals surface area contributed by atoms with Gasteiger partial charge in [0.2, 0.25) is 5.91 Å². The Hall–Kier alpha value is -2.87. The van der Waals surface area contributed by atoms with E-state index in [-0.39, 0.29) is 23.5 Å². The smallest absolute Gasteiger partial charge is 0.340 e. The number of hydrogen-bond acceptors (Lipinski definition) is 5. The van der Waals surface area contributed by atoms with Crippen LogP contribution in [-0.4, -0.2) is 56.0 Å². The predicted molar refractivity (Wildman–Crippen MR) is 99.3 cm³/mol. The fourth-order valence-electron chi connectivity index (χ4n) is 3.20. The summed E-state index contributed by atoms with van der Waals surface area (Å²) in [6, 6.07) is 9.83. The Balaban J connectivity index is 1.67. The summed E-state index contributed by atoms with van der Waals surface area (Å²) >= 11 is 5.65. The maximum atomic E-state index is 11.8. The van der Waals surface area contributed by atoms with Gasteiger partial charge in [-0.25, -0.2) is 14.9 Å². The first-order chi connectivity index (χ1) is 12.6. The summed E-state index contributed by atoms with van der Waals surface area (Å²) < 4.78 is 0. The van der Waals surface area contributed by atoms with Crippen molar-refractivity contribution in [2.75, 3.05) is 24.3 Å². The summed E-state index contributed by atoms with van der Waals surface area (Å²) in [7, 11) is 0. The van der Waals surface area contributed by atoms with Crippen LogP contribution < -0.4 is 11.0 Å². The highest BCUT2D eigenvalue weighted by Crippen LogP contribution is 2.27. The molecule has 3 N–H and O–H groups in total. The van der Waals surface area contributed by atoms with E-state index in [1.165, 1.54) is 0 Å². The van der Waals surface area contributed by atoms with Gasteiger partial charge in [0.1, 0.15) is 17.4 Å². The van der Waals surface area contributed by atoms with E-state index >= 15 is 0 Å². The molecule has 0 radical (unpaired) electrons. The van der Waals surface area contributed by atoms with Crippen molar-refractivity contribution < 1.29 is 4.79 Å². The number of anilines is 1. The highest BCUT2D eigenvalue weighted by Gasteiger charge is 2.26. The molecule has 134 valence electrons. The van der Waals surface area contributed by atoms with Gasteiger partial charge in [-0.05, 0) is 17.9 Å². The van der Waals surface area contributed by atoms with Crippen LogP contribution in [0.1, 0.15) is 6.42 Å². The number of nitrogens with zero attached hydrogens (tertiary/aromatic N) is 3. The van der Waals surface area contributed by atoms with E-state index in [2.05, 4.69) is 25.5 Å². The predicted octanol–water partition coefficient (Wildman–Crippen LogP) is 1.56. The van der Waals surface area contributed by atoms with Crippen molar-refractivity contribution in [3.8, 4) is 11.5 Å². The molecule has 1 fully saturated rings. The number of halogens is 1. The number of aromatic nitrogens is 4. The summed E-state index contributed by atoms with van der Waals surface area (Å²) in [4.78, 5) is 32.1. The highest BCUT2D eigenvalue weighted by molar-refractivity contribution is 6.27. The monoisotopic (exact) mass is 372 g/mol. The van der Waals surface area contributed by atoms with E-state index in [0.717, 1.165) is 17.2 Å². The lowest BCUT2D eigenvalue weighted by atomic mass is 10.1. The average molecular weight is 373 g/mol. The normalized spacial score (nSPS) is 17.0. The van der Waals surface area contributed by atoms with Crippen LogP contribution in [0.25, 0.3) is 22.3 Å². The minimum atomic E-state index is -0.379. The summed E-state index contributed by atoms with van der Waals surface area (Å²) in [5.41, 5.74) is 0.187. The fraction of sp³-hybridized carbons (Fsp3) is 0.294. The lowest BCUT2D eigenvalue weighted by molar-refractivity contribution is -0.127. The number of H-pyrrole nitrogens is 2. The zero-order valence-electron chi connectivity index (χ0n) is 13.8. The molecule has 0 spiro atoms. The summed E-state index contributed by atoms with van der Waals surface area (Å²) in [6.45, 7) is 1.26. The molecule has 1 aromatic carbocycles. The van der Waals surface area contributed by atoms with Crippen LogP contribution in [0.5, 0.6) is 0 Å². The molecule has 2 aromatic heterocycles. The third-order valence-corrected chi connectivity index (χ3v) is 4.71. The Morgan fingerprint density at radius 1 is 1.38 bits per heavy atom. The Bertz CT molecular complexity index is 1010. The van der Waals surface area contributed by atoms with Crippen molar-refractivity contribution in [2.24, 2.45) is 0 Å². The molecule has 9 heteroatoms. The van der Waals surface area contributed by atoms with E-state index in [1.54, 1.807) is 4.90 Å². The lowest BCUT2D eigenvalue weighted by Gasteiger charge is -2.17. The third-order valence-electron chi connectivity index (χ3n) is 4.48. The number of fused-ring (bicyclic) bond motifs is 1. The first kappa shape index (κ1) is 16.6. The van der Waals surface area contributed by atoms with E-state index < -0.39 is 0 Å². The number of hydrogen-bond donors (Lipinski definition) is 3. The van der Waals surface area contributed by atoms with Gasteiger partial charge in [-0.2, -0.15) is 5.10 Å². The van der Waals surface area contributed by atoms with Gasteiger partial charge in [0, 0.05) is 24.5 Å². The third kappa shape index (κ3) is 3.15. The second-order valence-electron chi connectivity index (χ2n) is 6.21. The topological polar surface area (TPSA) is 107 Å². The molecule has 1 amide bonds. The number of alkyl halides is 1. The molecule has 3 aromatic rings. The molecular weight excluding hydrogens is 356 g/mol. The van der Waals surface area contributed by atoms with Gasteiger partial charge >= 0.3 is 5.69 Å². The Morgan fingerprint density at radius 3 is 3.00 bits per heavy atom. The van der Waals surface area contributed by atoms with Crippen LogP contribution in [0, 0.1) is 0 Å². The zero-order valence-corrected chi connectivity index (χ0v) is 14.6. The molecule has 26 heavy (non-hydrogen) atoms. The van der Waals surface area contributed by atoms with Crippen LogP contribution in [0.2, 0.25) is 0 Å². The standard InChI is InChI=1S/C17H17ClN6O2/c18-8-14(25)24-6-5-11(9-24)19-15-12-4-2-1-3-10(12)7-13(20-15)16-21-17(26)23-22-16/h1-4,7,11H,5-6,8-9H2,(H,19,20)(H2,21,22,23,26). The quantitative estimate of drug-likeness (QED) is 0.602. The van der Waals surface area contributed by atoms with Crippen LogP contribution in [0.15, 0.2) is 35.1 Å². The molecule has 1 atom stereocenters. The second-order valence-corrected chi connectivity index (χ2v) is 6.47. The Kier molecular flexibility index (Phi) is 4.34. The van der Waals surface area contributed by atoms with Crippen LogP contribution in [0.4, 0.5) is 5.82 Å². The van der Waals surface area contributed by atoms with E-state index in [1.807, 2.05) is 30.3 Å². The summed E-state index contributed by atoms with van der Waals surface area (Å²) in [5, 5.41) is 11.7. The van der Waals surface area contributed by atoms with Gasteiger partial charge in [0.15, 0.2) is 5.82 Å². The van der Waals surface area contributed by atoms with Gasteiger partial charge in [-0.15, -0.1) is 11.6 Å². The Morgan fingerprint density at radius 2 is 2.23 bits per heavy atom. The molecule has 4 rings (SSSR count). The van der Waals surface area contributed by atoms with E-state index in [9.17, 15) is 9.59 Å². The number of rotatable bonds is 4. The fourth-order valence-corrected chi connectivity index (χ4v) is 3.37. The van der Waals surface area contributed by atoms with E-state index in [0.29, 0.717) is 30.4 Å². The van der Waals surface area contributed by atoms with Crippen molar-refractivity contribution in [3.63, 3.8) is 0 Å². The molecule has 3 heterocycles. The lowest BCUT2D eigenvalue weighted by Crippen LogP contribution is -2.32. The highest BCUT2D eigenvalue weighted by atomic mass is 35.5. The molecule has 8 nitrogen and oxygen atoms in total. The van der Waals surface area contributed by atoms with Crippen molar-refractivity contribution in [1.29, 1.82) is 0 Å². The van der Waals surface area contributed by atoms with E-state index in [4.69, 9.17) is 11.6 Å². The van der Waals surface area contributed by atoms with Gasteiger partial charge in [0.25, 0.3) is 0 Å². The van der Waals surface area contributed by atoms with Crippen molar-refractivity contribution in [2.45, 2.75) is 12.5 Å². The molecule has 0 saturated carbocycles. The molecule has 0 aliphatic carbocycles. The maximum absolute atomic E-state index is 11.8.